The Hall–Kier alpha value is -4.28. The third kappa shape index (κ3) is 9.36. The lowest BCUT2D eigenvalue weighted by Gasteiger charge is -2.23. The molecular formula is C26H31N3O8. The van der Waals surface area contributed by atoms with Gasteiger partial charge in [0.15, 0.2) is 0 Å². The van der Waals surface area contributed by atoms with Gasteiger partial charge in [-0.1, -0.05) is 44.2 Å². The highest BCUT2D eigenvalue weighted by Gasteiger charge is 2.32. The number of carbonyl (C=O) groups excluding carboxylic acids is 4. The van der Waals surface area contributed by atoms with E-state index in [4.69, 9.17) is 10.2 Å². The van der Waals surface area contributed by atoms with Gasteiger partial charge in [0.2, 0.25) is 17.7 Å². The third-order valence-electron chi connectivity index (χ3n) is 5.52. The summed E-state index contributed by atoms with van der Waals surface area (Å²) < 4.78 is 0. The molecule has 0 aromatic heterocycles. The predicted molar refractivity (Wildman–Crippen MR) is 135 cm³/mol. The molecule has 3 atom stereocenters. The summed E-state index contributed by atoms with van der Waals surface area (Å²) in [6.07, 6.45) is -0.979. The van der Waals surface area contributed by atoms with Crippen molar-refractivity contribution in [2.75, 3.05) is 5.32 Å². The van der Waals surface area contributed by atoms with Crippen molar-refractivity contribution in [1.82, 2.24) is 10.6 Å². The van der Waals surface area contributed by atoms with Crippen LogP contribution in [-0.2, 0) is 28.8 Å². The normalized spacial score (nSPS) is 13.3. The average Bonchev–Trinajstić information content (AvgIpc) is 2.83. The predicted octanol–water partition coefficient (Wildman–Crippen LogP) is 1.95. The summed E-state index contributed by atoms with van der Waals surface area (Å²) in [5.74, 6) is -6.31. The van der Waals surface area contributed by atoms with Gasteiger partial charge in [0.25, 0.3) is 0 Å². The Kier molecular flexibility index (Phi) is 10.7. The van der Waals surface area contributed by atoms with E-state index < -0.39 is 60.5 Å². The van der Waals surface area contributed by atoms with Crippen LogP contribution in [0, 0.1) is 11.8 Å². The van der Waals surface area contributed by atoms with E-state index in [1.165, 1.54) is 0 Å². The standard InChI is InChI=1S/C26H31N3O8/c1-15(2)11-20(24(35)28-19(14-30)13-23(33)34)25(36)29-21(9-10-22(31)32)26(37)27-18-8-7-16-5-3-4-6-17(16)12-18/h3-8,12,14-15,19-21H,9-11,13H2,1-2H3,(H,27,37)(H,28,35)(H,29,36)(H,31,32)(H,33,34). The highest BCUT2D eigenvalue weighted by molar-refractivity contribution is 6.04. The van der Waals surface area contributed by atoms with Gasteiger partial charge in [0.05, 0.1) is 12.5 Å². The molecule has 2 aromatic rings. The Labute approximate surface area is 213 Å². The number of fused-ring (bicyclic) bond motifs is 1. The van der Waals surface area contributed by atoms with Crippen LogP contribution in [0.25, 0.3) is 10.8 Å². The second-order valence-corrected chi connectivity index (χ2v) is 9.08. The van der Waals surface area contributed by atoms with Gasteiger partial charge in [-0.15, -0.1) is 0 Å². The Bertz CT molecular complexity index is 1160. The minimum Gasteiger partial charge on any atom is -0.481 e. The summed E-state index contributed by atoms with van der Waals surface area (Å²) in [4.78, 5) is 72.2. The molecule has 0 heterocycles. The van der Waals surface area contributed by atoms with Gasteiger partial charge < -0.3 is 31.0 Å². The molecule has 3 amide bonds. The lowest BCUT2D eigenvalue weighted by atomic mass is 9.94. The SMILES string of the molecule is CC(C)CC(C(=O)NC(C=O)CC(=O)O)C(=O)NC(CCC(=O)O)C(=O)Nc1ccc2ccccc2c1. The van der Waals surface area contributed by atoms with Crippen molar-refractivity contribution in [2.45, 2.75) is 51.6 Å². The number of amides is 3. The van der Waals surface area contributed by atoms with Crippen LogP contribution in [0.1, 0.15) is 39.5 Å². The summed E-state index contributed by atoms with van der Waals surface area (Å²) in [5.41, 5.74) is 0.442. The molecule has 0 fully saturated rings. The molecule has 0 aliphatic rings. The van der Waals surface area contributed by atoms with E-state index in [1.807, 2.05) is 24.3 Å². The second kappa shape index (κ2) is 13.7. The van der Waals surface area contributed by atoms with E-state index in [0.29, 0.717) is 5.69 Å². The molecule has 11 heteroatoms. The molecule has 0 saturated heterocycles. The fourth-order valence-electron chi connectivity index (χ4n) is 3.71. The summed E-state index contributed by atoms with van der Waals surface area (Å²) >= 11 is 0. The van der Waals surface area contributed by atoms with E-state index in [2.05, 4.69) is 16.0 Å². The van der Waals surface area contributed by atoms with Crippen LogP contribution in [-0.4, -0.2) is 58.2 Å². The molecule has 3 unspecified atom stereocenters. The molecule has 2 rings (SSSR count). The van der Waals surface area contributed by atoms with Crippen LogP contribution in [0.4, 0.5) is 5.69 Å². The van der Waals surface area contributed by atoms with Gasteiger partial charge in [0.1, 0.15) is 18.2 Å². The minimum absolute atomic E-state index is 0.0499. The van der Waals surface area contributed by atoms with Gasteiger partial charge in [-0.3, -0.25) is 24.0 Å². The largest absolute Gasteiger partial charge is 0.481 e. The first-order valence-corrected chi connectivity index (χ1v) is 11.8. The molecular weight excluding hydrogens is 482 g/mol. The maximum atomic E-state index is 13.1. The fraction of sp³-hybridized carbons (Fsp3) is 0.385. The number of hydrogen-bond acceptors (Lipinski definition) is 6. The number of rotatable bonds is 14. The third-order valence-corrected chi connectivity index (χ3v) is 5.52. The first kappa shape index (κ1) is 29.0. The molecule has 0 bridgehead atoms. The van der Waals surface area contributed by atoms with Crippen molar-refractivity contribution in [2.24, 2.45) is 11.8 Å². The zero-order valence-electron chi connectivity index (χ0n) is 20.6. The monoisotopic (exact) mass is 513 g/mol. The molecule has 11 nitrogen and oxygen atoms in total. The number of carboxylic acid groups (broad SMARTS) is 2. The average molecular weight is 514 g/mol. The smallest absolute Gasteiger partial charge is 0.305 e. The van der Waals surface area contributed by atoms with Gasteiger partial charge >= 0.3 is 11.9 Å². The maximum absolute atomic E-state index is 13.1. The van der Waals surface area contributed by atoms with E-state index in [9.17, 15) is 28.8 Å². The van der Waals surface area contributed by atoms with Crippen LogP contribution in [0.5, 0.6) is 0 Å². The Morgan fingerprint density at radius 1 is 0.865 bits per heavy atom. The Balaban J connectivity index is 2.21. The van der Waals surface area contributed by atoms with E-state index in [-0.39, 0.29) is 25.0 Å². The quantitative estimate of drug-likeness (QED) is 0.188. The summed E-state index contributed by atoms with van der Waals surface area (Å²) in [6, 6.07) is 10.1. The van der Waals surface area contributed by atoms with Gasteiger partial charge in [-0.25, -0.2) is 0 Å². The van der Waals surface area contributed by atoms with Crippen LogP contribution in [0.2, 0.25) is 0 Å². The highest BCUT2D eigenvalue weighted by Crippen LogP contribution is 2.20. The van der Waals surface area contributed by atoms with Crippen molar-refractivity contribution >= 4 is 52.4 Å². The molecule has 0 radical (unpaired) electrons. The first-order chi connectivity index (χ1) is 17.5. The zero-order valence-corrected chi connectivity index (χ0v) is 20.6. The van der Waals surface area contributed by atoms with Crippen molar-refractivity contribution in [3.63, 3.8) is 0 Å². The number of anilines is 1. The fourth-order valence-corrected chi connectivity index (χ4v) is 3.71. The lowest BCUT2D eigenvalue weighted by molar-refractivity contribution is -0.141. The molecule has 37 heavy (non-hydrogen) atoms. The van der Waals surface area contributed by atoms with Crippen molar-refractivity contribution in [3.8, 4) is 0 Å². The molecule has 5 N–H and O–H groups in total. The molecule has 0 aliphatic carbocycles. The minimum atomic E-state index is -1.34. The number of benzene rings is 2. The number of aldehydes is 1. The molecule has 198 valence electrons. The van der Waals surface area contributed by atoms with Crippen LogP contribution in [0.15, 0.2) is 42.5 Å². The van der Waals surface area contributed by atoms with Gasteiger partial charge in [-0.05, 0) is 41.7 Å². The highest BCUT2D eigenvalue weighted by atomic mass is 16.4. The summed E-state index contributed by atoms with van der Waals surface area (Å²) in [7, 11) is 0. The Morgan fingerprint density at radius 3 is 2.11 bits per heavy atom. The van der Waals surface area contributed by atoms with E-state index in [1.54, 1.807) is 32.0 Å². The maximum Gasteiger partial charge on any atom is 0.305 e. The topological polar surface area (TPSA) is 179 Å². The number of aliphatic carboxylic acids is 2. The van der Waals surface area contributed by atoms with Crippen LogP contribution >= 0.6 is 0 Å². The van der Waals surface area contributed by atoms with Gasteiger partial charge in [0, 0.05) is 12.1 Å². The number of carbonyl (C=O) groups is 6. The molecule has 0 spiro atoms. The summed E-state index contributed by atoms with van der Waals surface area (Å²) in [5, 5.41) is 27.2. The second-order valence-electron chi connectivity index (χ2n) is 9.08. The summed E-state index contributed by atoms with van der Waals surface area (Å²) in [6.45, 7) is 3.52. The molecule has 2 aromatic carbocycles. The number of nitrogens with one attached hydrogen (secondary N) is 3. The Morgan fingerprint density at radius 2 is 1.51 bits per heavy atom. The number of hydrogen-bond donors (Lipinski definition) is 5. The van der Waals surface area contributed by atoms with Crippen molar-refractivity contribution in [1.29, 1.82) is 0 Å². The van der Waals surface area contributed by atoms with E-state index in [0.717, 1.165) is 10.8 Å². The molecule has 0 aliphatic heterocycles. The molecule has 0 saturated carbocycles. The lowest BCUT2D eigenvalue weighted by Crippen LogP contribution is -2.51. The van der Waals surface area contributed by atoms with Gasteiger partial charge in [-0.2, -0.15) is 0 Å². The van der Waals surface area contributed by atoms with Crippen LogP contribution < -0.4 is 16.0 Å². The first-order valence-electron chi connectivity index (χ1n) is 11.8. The van der Waals surface area contributed by atoms with Crippen LogP contribution in [0.3, 0.4) is 0 Å². The van der Waals surface area contributed by atoms with Crippen molar-refractivity contribution < 1.29 is 39.0 Å². The van der Waals surface area contributed by atoms with E-state index >= 15 is 0 Å². The number of carboxylic acids is 2. The zero-order chi connectivity index (χ0) is 27.5. The van der Waals surface area contributed by atoms with Crippen molar-refractivity contribution in [3.05, 3.63) is 42.5 Å².